The standard InChI is InChI=1S/C28H24N2O8S2/c31-28(22-7-3-1-4-8-22)30-24-16-14-21(27(18-24)40(35,36)37)12-11-20-13-15-23(17-26(20)39(32,33)34)29-19-38-25-9-5-2-6-10-25/h1-18,29H,19H2,(H,30,31)(H,32,33,34)(H,35,36,37). The van der Waals surface area contributed by atoms with Crippen molar-refractivity contribution in [2.75, 3.05) is 17.4 Å². The second-order valence-corrected chi connectivity index (χ2v) is 11.2. The van der Waals surface area contributed by atoms with Crippen LogP contribution in [0.1, 0.15) is 21.5 Å². The Hall–Kier alpha value is -4.49. The molecule has 0 radical (unpaired) electrons. The second kappa shape index (κ2) is 12.1. The number of nitrogens with one attached hydrogen (secondary N) is 2. The van der Waals surface area contributed by atoms with Crippen LogP contribution >= 0.6 is 0 Å². The van der Waals surface area contributed by atoms with Crippen molar-refractivity contribution in [1.82, 2.24) is 0 Å². The van der Waals surface area contributed by atoms with Gasteiger partial charge in [0.05, 0.1) is 0 Å². The number of hydrogen-bond acceptors (Lipinski definition) is 7. The van der Waals surface area contributed by atoms with Crippen LogP contribution < -0.4 is 15.4 Å². The van der Waals surface area contributed by atoms with Gasteiger partial charge in [0.1, 0.15) is 15.5 Å². The molecule has 0 spiro atoms. The van der Waals surface area contributed by atoms with Crippen LogP contribution in [-0.2, 0) is 20.2 Å². The highest BCUT2D eigenvalue weighted by Crippen LogP contribution is 2.26. The van der Waals surface area contributed by atoms with Crippen LogP contribution in [0, 0.1) is 0 Å². The molecule has 10 nitrogen and oxygen atoms in total. The molecule has 0 heterocycles. The first-order valence-electron chi connectivity index (χ1n) is 11.7. The molecule has 0 aromatic heterocycles. The Bertz CT molecular complexity index is 1760. The summed E-state index contributed by atoms with van der Waals surface area (Å²) < 4.78 is 73.5. The Morgan fingerprint density at radius 2 is 1.20 bits per heavy atom. The summed E-state index contributed by atoms with van der Waals surface area (Å²) in [6.45, 7) is 0.0228. The number of ether oxygens (including phenoxy) is 1. The van der Waals surface area contributed by atoms with Crippen molar-refractivity contribution in [2.24, 2.45) is 0 Å². The van der Waals surface area contributed by atoms with Gasteiger partial charge in [-0.3, -0.25) is 13.9 Å². The van der Waals surface area contributed by atoms with Crippen molar-refractivity contribution < 1.29 is 35.5 Å². The van der Waals surface area contributed by atoms with Crippen molar-refractivity contribution in [2.45, 2.75) is 9.79 Å². The summed E-state index contributed by atoms with van der Waals surface area (Å²) in [5.41, 5.74) is 0.880. The number of carbonyl (C=O) groups excluding carboxylic acids is 1. The molecule has 12 heteroatoms. The molecule has 206 valence electrons. The van der Waals surface area contributed by atoms with Gasteiger partial charge in [0.15, 0.2) is 6.73 Å². The van der Waals surface area contributed by atoms with E-state index in [1.807, 2.05) is 6.07 Å². The number of benzene rings is 4. The molecule has 0 aliphatic carbocycles. The number of amides is 1. The minimum absolute atomic E-state index is 0.0139. The van der Waals surface area contributed by atoms with Gasteiger partial charge in [0, 0.05) is 16.9 Å². The minimum Gasteiger partial charge on any atom is -0.473 e. The smallest absolute Gasteiger partial charge is 0.295 e. The number of rotatable bonds is 10. The van der Waals surface area contributed by atoms with Gasteiger partial charge in [-0.1, -0.05) is 60.7 Å². The third-order valence-electron chi connectivity index (χ3n) is 5.58. The highest BCUT2D eigenvalue weighted by atomic mass is 32.2. The van der Waals surface area contributed by atoms with E-state index in [9.17, 15) is 30.7 Å². The average Bonchev–Trinajstić information content (AvgIpc) is 2.92. The second-order valence-electron chi connectivity index (χ2n) is 8.39. The Kier molecular flexibility index (Phi) is 8.65. The molecule has 0 saturated carbocycles. The van der Waals surface area contributed by atoms with E-state index in [1.165, 1.54) is 36.4 Å². The Morgan fingerprint density at radius 3 is 1.75 bits per heavy atom. The lowest BCUT2D eigenvalue weighted by atomic mass is 10.1. The number of para-hydroxylation sites is 1. The first kappa shape index (κ1) is 28.5. The van der Waals surface area contributed by atoms with Crippen LogP contribution in [0.3, 0.4) is 0 Å². The summed E-state index contributed by atoms with van der Waals surface area (Å²) in [4.78, 5) is 11.5. The Balaban J connectivity index is 1.58. The molecular formula is C28H24N2O8S2. The van der Waals surface area contributed by atoms with Gasteiger partial charge in [-0.25, -0.2) is 0 Å². The van der Waals surface area contributed by atoms with E-state index in [0.29, 0.717) is 17.0 Å². The predicted octanol–water partition coefficient (Wildman–Crippen LogP) is 5.05. The highest BCUT2D eigenvalue weighted by molar-refractivity contribution is 7.86. The summed E-state index contributed by atoms with van der Waals surface area (Å²) in [7, 11) is -9.40. The number of hydrogen-bond donors (Lipinski definition) is 4. The molecule has 4 aromatic carbocycles. The molecule has 0 atom stereocenters. The monoisotopic (exact) mass is 580 g/mol. The largest absolute Gasteiger partial charge is 0.473 e. The summed E-state index contributed by atoms with van der Waals surface area (Å²) >= 11 is 0. The zero-order valence-electron chi connectivity index (χ0n) is 20.8. The maximum absolute atomic E-state index is 12.4. The van der Waals surface area contributed by atoms with E-state index in [4.69, 9.17) is 4.74 Å². The van der Waals surface area contributed by atoms with Gasteiger partial charge in [0.25, 0.3) is 26.1 Å². The fourth-order valence-electron chi connectivity index (χ4n) is 3.67. The zero-order chi connectivity index (χ0) is 28.8. The SMILES string of the molecule is O=C(Nc1ccc(C=Cc2ccc(NCOc3ccccc3)cc2S(=O)(=O)O)c(S(=O)(=O)O)c1)c1ccccc1. The fourth-order valence-corrected chi connectivity index (χ4v) is 5.09. The predicted molar refractivity (Wildman–Crippen MR) is 151 cm³/mol. The van der Waals surface area contributed by atoms with Crippen LogP contribution in [-0.4, -0.2) is 38.6 Å². The zero-order valence-corrected chi connectivity index (χ0v) is 22.4. The molecule has 0 aliphatic heterocycles. The van der Waals surface area contributed by atoms with E-state index in [1.54, 1.807) is 60.7 Å². The molecule has 0 unspecified atom stereocenters. The highest BCUT2D eigenvalue weighted by Gasteiger charge is 2.18. The van der Waals surface area contributed by atoms with Crippen LogP contribution in [0.5, 0.6) is 5.75 Å². The Labute approximate surface area is 231 Å². The molecule has 40 heavy (non-hydrogen) atoms. The number of anilines is 2. The summed E-state index contributed by atoms with van der Waals surface area (Å²) in [5, 5.41) is 5.47. The van der Waals surface area contributed by atoms with Crippen molar-refractivity contribution in [3.05, 3.63) is 114 Å². The lowest BCUT2D eigenvalue weighted by Crippen LogP contribution is -2.12. The number of carbonyl (C=O) groups is 1. The van der Waals surface area contributed by atoms with Crippen molar-refractivity contribution >= 4 is 49.7 Å². The van der Waals surface area contributed by atoms with E-state index in [2.05, 4.69) is 10.6 Å². The molecule has 4 aromatic rings. The maximum Gasteiger partial charge on any atom is 0.295 e. The van der Waals surface area contributed by atoms with E-state index in [-0.39, 0.29) is 23.5 Å². The van der Waals surface area contributed by atoms with Crippen molar-refractivity contribution in [1.29, 1.82) is 0 Å². The van der Waals surface area contributed by atoms with E-state index >= 15 is 0 Å². The summed E-state index contributed by atoms with van der Waals surface area (Å²) in [6.07, 6.45) is 2.54. The summed E-state index contributed by atoms with van der Waals surface area (Å²) in [5.74, 6) is 0.121. The van der Waals surface area contributed by atoms with Gasteiger partial charge in [-0.2, -0.15) is 16.8 Å². The first-order valence-corrected chi connectivity index (χ1v) is 14.6. The van der Waals surface area contributed by atoms with E-state index in [0.717, 1.165) is 6.07 Å². The van der Waals surface area contributed by atoms with Crippen molar-refractivity contribution in [3.8, 4) is 5.75 Å². The average molecular weight is 581 g/mol. The van der Waals surface area contributed by atoms with Gasteiger partial charge in [-0.15, -0.1) is 0 Å². The van der Waals surface area contributed by atoms with Crippen molar-refractivity contribution in [3.63, 3.8) is 0 Å². The lowest BCUT2D eigenvalue weighted by Gasteiger charge is -2.11. The third-order valence-corrected chi connectivity index (χ3v) is 7.40. The fraction of sp³-hybridized carbons (Fsp3) is 0.0357. The van der Waals surface area contributed by atoms with Gasteiger partial charge in [0.2, 0.25) is 0 Å². The lowest BCUT2D eigenvalue weighted by molar-refractivity contribution is 0.102. The molecule has 0 bridgehead atoms. The van der Waals surface area contributed by atoms with Crippen LogP contribution in [0.4, 0.5) is 11.4 Å². The van der Waals surface area contributed by atoms with Gasteiger partial charge in [-0.05, 0) is 59.7 Å². The first-order chi connectivity index (χ1) is 19.0. The topological polar surface area (TPSA) is 159 Å². The Morgan fingerprint density at radius 1 is 0.700 bits per heavy atom. The van der Waals surface area contributed by atoms with Gasteiger partial charge < -0.3 is 15.4 Å². The third kappa shape index (κ3) is 7.55. The molecule has 0 aliphatic rings. The normalized spacial score (nSPS) is 11.8. The summed E-state index contributed by atoms with van der Waals surface area (Å²) in [6, 6.07) is 25.2. The molecule has 4 N–H and O–H groups in total. The van der Waals surface area contributed by atoms with E-state index < -0.39 is 35.9 Å². The maximum atomic E-state index is 12.4. The molecule has 0 fully saturated rings. The minimum atomic E-state index is -4.73. The van der Waals surface area contributed by atoms with Crippen LogP contribution in [0.15, 0.2) is 107 Å². The quantitative estimate of drug-likeness (QED) is 0.114. The molecule has 4 rings (SSSR count). The van der Waals surface area contributed by atoms with Gasteiger partial charge >= 0.3 is 0 Å². The molecular weight excluding hydrogens is 556 g/mol. The molecule has 1 amide bonds. The van der Waals surface area contributed by atoms with Crippen LogP contribution in [0.25, 0.3) is 12.2 Å². The van der Waals surface area contributed by atoms with Crippen LogP contribution in [0.2, 0.25) is 0 Å². The molecule has 0 saturated heterocycles.